The van der Waals surface area contributed by atoms with Gasteiger partial charge in [-0.2, -0.15) is 0 Å². The molecule has 1 nitrogen and oxygen atoms in total. The Morgan fingerprint density at radius 2 is 1.52 bits per heavy atom. The summed E-state index contributed by atoms with van der Waals surface area (Å²) in [6.07, 6.45) is 19.9. The van der Waals surface area contributed by atoms with Gasteiger partial charge in [0.2, 0.25) is 0 Å². The zero-order chi connectivity index (χ0) is 20.2. The molecule has 1 heterocycles. The van der Waals surface area contributed by atoms with Crippen LogP contribution in [0.25, 0.3) is 0 Å². The number of nitrogens with zero attached hydrogens (tertiary/aromatic N) is 1. The van der Waals surface area contributed by atoms with Gasteiger partial charge in [0, 0.05) is 12.1 Å². The van der Waals surface area contributed by atoms with Crippen molar-refractivity contribution in [2.45, 2.75) is 134 Å². The van der Waals surface area contributed by atoms with Crippen LogP contribution >= 0.6 is 0 Å². The first kappa shape index (κ1) is 21.0. The maximum Gasteiger partial charge on any atom is 0.0542 e. The van der Waals surface area contributed by atoms with E-state index in [2.05, 4.69) is 31.8 Å². The largest absolute Gasteiger partial charge is 0.297 e. The Hall–Kier alpha value is 0.177. The molecule has 4 saturated carbocycles. The van der Waals surface area contributed by atoms with E-state index in [0.29, 0.717) is 0 Å². The van der Waals surface area contributed by atoms with Crippen LogP contribution in [0.4, 0.5) is 0 Å². The van der Waals surface area contributed by atoms with Gasteiger partial charge in [-0.15, -0.1) is 0 Å². The molecule has 4 aliphatic carbocycles. The number of fused-ring (bicyclic) bond motifs is 5. The first-order valence-electron chi connectivity index (χ1n) is 13.8. The topological polar surface area (TPSA) is 3.24 Å². The van der Waals surface area contributed by atoms with Gasteiger partial charge in [-0.3, -0.25) is 4.90 Å². The molecule has 5 aliphatic rings. The Morgan fingerprint density at radius 1 is 0.828 bits per heavy atom. The van der Waals surface area contributed by atoms with E-state index >= 15 is 0 Å². The highest BCUT2D eigenvalue weighted by molar-refractivity contribution is 6.80. The lowest BCUT2D eigenvalue weighted by Gasteiger charge is -2.47. The molecule has 0 aromatic heterocycles. The smallest absolute Gasteiger partial charge is 0.0542 e. The molecule has 0 spiro atoms. The first-order valence-corrected chi connectivity index (χ1v) is 16.9. The van der Waals surface area contributed by atoms with Crippen molar-refractivity contribution in [3.8, 4) is 0 Å². The maximum atomic E-state index is 3.19. The molecular formula is C27H49NSi. The molecular weight excluding hydrogens is 366 g/mol. The predicted molar refractivity (Wildman–Crippen MR) is 128 cm³/mol. The van der Waals surface area contributed by atoms with E-state index in [4.69, 9.17) is 0 Å². The van der Waals surface area contributed by atoms with Crippen LogP contribution in [0.5, 0.6) is 0 Å². The van der Waals surface area contributed by atoms with E-state index in [1.165, 1.54) is 38.6 Å². The average molecular weight is 416 g/mol. The van der Waals surface area contributed by atoms with Gasteiger partial charge in [-0.1, -0.05) is 78.3 Å². The fourth-order valence-electron chi connectivity index (χ4n) is 9.93. The van der Waals surface area contributed by atoms with E-state index in [1.807, 2.05) is 0 Å². The number of rotatable bonds is 5. The first-order chi connectivity index (χ1) is 14.0. The molecule has 1 saturated heterocycles. The van der Waals surface area contributed by atoms with E-state index in [0.717, 1.165) is 52.8 Å². The van der Waals surface area contributed by atoms with Crippen LogP contribution in [0.1, 0.15) is 97.3 Å². The summed E-state index contributed by atoms with van der Waals surface area (Å²) in [5.74, 6) is 5.33. The zero-order valence-corrected chi connectivity index (χ0v) is 21.0. The SMILES string of the molecule is CCCCN1C2CCC(C)CC2C2C1C1CCCCC1C2[Si](C)(C)C1CCCC1. The van der Waals surface area contributed by atoms with E-state index < -0.39 is 8.07 Å². The minimum absolute atomic E-state index is 0.964. The van der Waals surface area contributed by atoms with Gasteiger partial charge >= 0.3 is 0 Å². The summed E-state index contributed by atoms with van der Waals surface area (Å²) in [6, 6.07) is 1.96. The van der Waals surface area contributed by atoms with E-state index in [9.17, 15) is 0 Å². The normalized spacial score (nSPS) is 45.9. The summed E-state index contributed by atoms with van der Waals surface area (Å²) in [7, 11) is -1.22. The van der Waals surface area contributed by atoms with Crippen LogP contribution in [0.2, 0.25) is 24.2 Å². The van der Waals surface area contributed by atoms with Crippen LogP contribution in [0.15, 0.2) is 0 Å². The van der Waals surface area contributed by atoms with Crippen LogP contribution in [0.3, 0.4) is 0 Å². The fraction of sp³-hybridized carbons (Fsp3) is 1.00. The van der Waals surface area contributed by atoms with Gasteiger partial charge in [0.25, 0.3) is 0 Å². The average Bonchev–Trinajstić information content (AvgIpc) is 3.42. The van der Waals surface area contributed by atoms with Crippen LogP contribution < -0.4 is 0 Å². The van der Waals surface area contributed by atoms with Crippen LogP contribution in [0, 0.1) is 29.6 Å². The molecule has 5 fully saturated rings. The third-order valence-electron chi connectivity index (χ3n) is 11.0. The highest BCUT2D eigenvalue weighted by Crippen LogP contribution is 2.67. The second-order valence-corrected chi connectivity index (χ2v) is 17.9. The van der Waals surface area contributed by atoms with Crippen molar-refractivity contribution >= 4 is 8.07 Å². The Bertz CT molecular complexity index is 567. The number of hydrogen-bond acceptors (Lipinski definition) is 1. The molecule has 29 heavy (non-hydrogen) atoms. The fourth-order valence-corrected chi connectivity index (χ4v) is 15.3. The van der Waals surface area contributed by atoms with Gasteiger partial charge in [0.05, 0.1) is 8.07 Å². The van der Waals surface area contributed by atoms with Crippen molar-refractivity contribution in [3.63, 3.8) is 0 Å². The second-order valence-electron chi connectivity index (χ2n) is 12.7. The molecule has 0 radical (unpaired) electrons. The van der Waals surface area contributed by atoms with Crippen molar-refractivity contribution in [1.29, 1.82) is 0 Å². The lowest BCUT2D eigenvalue weighted by molar-refractivity contribution is 0.0849. The van der Waals surface area contributed by atoms with Crippen molar-refractivity contribution in [2.75, 3.05) is 6.54 Å². The summed E-state index contributed by atoms with van der Waals surface area (Å²) in [5.41, 5.74) is 2.31. The van der Waals surface area contributed by atoms with E-state index in [-0.39, 0.29) is 0 Å². The zero-order valence-electron chi connectivity index (χ0n) is 20.0. The highest BCUT2D eigenvalue weighted by Gasteiger charge is 2.65. The minimum atomic E-state index is -1.22. The summed E-state index contributed by atoms with van der Waals surface area (Å²) in [4.78, 5) is 3.19. The Labute approximate surface area is 182 Å². The molecule has 0 N–H and O–H groups in total. The quantitative estimate of drug-likeness (QED) is 0.415. The molecule has 0 aromatic carbocycles. The van der Waals surface area contributed by atoms with Crippen LogP contribution in [-0.2, 0) is 0 Å². The van der Waals surface area contributed by atoms with Crippen molar-refractivity contribution in [3.05, 3.63) is 0 Å². The molecule has 5 rings (SSSR count). The molecule has 0 aromatic rings. The summed E-state index contributed by atoms with van der Waals surface area (Å²) in [5, 5.41) is 0. The highest BCUT2D eigenvalue weighted by atomic mass is 28.3. The summed E-state index contributed by atoms with van der Waals surface area (Å²) in [6.45, 7) is 12.2. The van der Waals surface area contributed by atoms with Crippen molar-refractivity contribution in [2.24, 2.45) is 29.6 Å². The van der Waals surface area contributed by atoms with Gasteiger partial charge in [-0.05, 0) is 79.3 Å². The molecule has 8 atom stereocenters. The number of likely N-dealkylation sites (tertiary alicyclic amines) is 1. The third kappa shape index (κ3) is 3.42. The van der Waals surface area contributed by atoms with E-state index in [1.54, 1.807) is 51.4 Å². The molecule has 0 amide bonds. The summed E-state index contributed by atoms with van der Waals surface area (Å²) >= 11 is 0. The lowest BCUT2D eigenvalue weighted by Crippen LogP contribution is -2.46. The Balaban J connectivity index is 1.53. The van der Waals surface area contributed by atoms with Gasteiger partial charge in [0.15, 0.2) is 0 Å². The van der Waals surface area contributed by atoms with Crippen molar-refractivity contribution < 1.29 is 0 Å². The predicted octanol–water partition coefficient (Wildman–Crippen LogP) is 7.73. The maximum absolute atomic E-state index is 3.19. The third-order valence-corrected chi connectivity index (χ3v) is 16.3. The van der Waals surface area contributed by atoms with Crippen molar-refractivity contribution in [1.82, 2.24) is 4.90 Å². The summed E-state index contributed by atoms with van der Waals surface area (Å²) < 4.78 is 0. The van der Waals surface area contributed by atoms with Gasteiger partial charge in [-0.25, -0.2) is 0 Å². The Kier molecular flexibility index (Phi) is 6.00. The second kappa shape index (κ2) is 8.27. The lowest BCUT2D eigenvalue weighted by atomic mass is 9.73. The molecule has 166 valence electrons. The van der Waals surface area contributed by atoms with Gasteiger partial charge in [0.1, 0.15) is 0 Å². The monoisotopic (exact) mass is 415 g/mol. The Morgan fingerprint density at radius 3 is 2.24 bits per heavy atom. The standard InChI is InChI=1S/C27H49NSi/c1-5-6-17-28-24-16-15-19(2)18-23(24)25-26(28)21-13-9-10-14-22(21)27(25)29(3,4)20-11-7-8-12-20/h19-27H,5-18H2,1-4H3. The number of hydrogen-bond donors (Lipinski definition) is 0. The molecule has 8 unspecified atom stereocenters. The molecule has 1 aliphatic heterocycles. The number of unbranched alkanes of at least 4 members (excludes halogenated alkanes) is 1. The molecule has 0 bridgehead atoms. The van der Waals surface area contributed by atoms with Gasteiger partial charge < -0.3 is 0 Å². The van der Waals surface area contributed by atoms with Crippen LogP contribution in [-0.4, -0.2) is 31.6 Å². The molecule has 2 heteroatoms. The minimum Gasteiger partial charge on any atom is -0.297 e.